The Hall–Kier alpha value is -4.11. The van der Waals surface area contributed by atoms with Gasteiger partial charge in [-0.15, -0.1) is 0 Å². The van der Waals surface area contributed by atoms with E-state index in [-0.39, 0.29) is 5.91 Å². The summed E-state index contributed by atoms with van der Waals surface area (Å²) in [6, 6.07) is 9.69. The number of rotatable bonds is 5. The molecule has 5 aromatic rings. The molecule has 0 unspecified atom stereocenters. The fourth-order valence-electron chi connectivity index (χ4n) is 3.48. The normalized spacial score (nSPS) is 11.5. The van der Waals surface area contributed by atoms with E-state index in [1.54, 1.807) is 24.8 Å². The second-order valence-electron chi connectivity index (χ2n) is 7.56. The van der Waals surface area contributed by atoms with Crippen molar-refractivity contribution in [2.45, 2.75) is 0 Å². The SMILES string of the molecule is CN(C)CC(=O)Nc1cncc(-c2ccc3[nH]nc(-c4cc5ccncc5[nH]4)c3n2)c1. The molecule has 0 aliphatic rings. The number of anilines is 1. The van der Waals surface area contributed by atoms with Crippen LogP contribution in [0.4, 0.5) is 5.69 Å². The van der Waals surface area contributed by atoms with Gasteiger partial charge in [0.15, 0.2) is 0 Å². The van der Waals surface area contributed by atoms with Crippen molar-refractivity contribution in [1.29, 1.82) is 0 Å². The molecule has 0 saturated carbocycles. The van der Waals surface area contributed by atoms with Gasteiger partial charge in [0, 0.05) is 23.3 Å². The van der Waals surface area contributed by atoms with Crippen LogP contribution in [-0.2, 0) is 4.79 Å². The number of carbonyl (C=O) groups is 1. The summed E-state index contributed by atoms with van der Waals surface area (Å²) in [6.45, 7) is 0.298. The number of H-pyrrole nitrogens is 2. The molecule has 0 fully saturated rings. The van der Waals surface area contributed by atoms with Crippen LogP contribution in [0.1, 0.15) is 0 Å². The summed E-state index contributed by atoms with van der Waals surface area (Å²) in [5.41, 5.74) is 6.29. The maximum absolute atomic E-state index is 12.1. The van der Waals surface area contributed by atoms with Gasteiger partial charge in [-0.25, -0.2) is 4.98 Å². The Morgan fingerprint density at radius 3 is 2.81 bits per heavy atom. The third-order valence-electron chi connectivity index (χ3n) is 4.86. The molecule has 0 radical (unpaired) electrons. The summed E-state index contributed by atoms with van der Waals surface area (Å²) in [5, 5.41) is 11.4. The van der Waals surface area contributed by atoms with Crippen LogP contribution in [0, 0.1) is 0 Å². The number of carbonyl (C=O) groups excluding carboxylic acids is 1. The maximum atomic E-state index is 12.1. The first kappa shape index (κ1) is 18.9. The van der Waals surface area contributed by atoms with E-state index in [4.69, 9.17) is 4.98 Å². The van der Waals surface area contributed by atoms with E-state index in [1.165, 1.54) is 0 Å². The van der Waals surface area contributed by atoms with Crippen LogP contribution in [0.5, 0.6) is 0 Å². The van der Waals surface area contributed by atoms with Crippen molar-refractivity contribution < 1.29 is 4.79 Å². The van der Waals surface area contributed by atoms with Crippen LogP contribution < -0.4 is 5.32 Å². The third-order valence-corrected chi connectivity index (χ3v) is 4.86. The number of aromatic nitrogens is 6. The van der Waals surface area contributed by atoms with E-state index in [0.29, 0.717) is 12.2 Å². The van der Waals surface area contributed by atoms with Crippen molar-refractivity contribution in [3.8, 4) is 22.6 Å². The van der Waals surface area contributed by atoms with Crippen LogP contribution in [0.3, 0.4) is 0 Å². The highest BCUT2D eigenvalue weighted by molar-refractivity contribution is 5.95. The maximum Gasteiger partial charge on any atom is 0.238 e. The Labute approximate surface area is 177 Å². The summed E-state index contributed by atoms with van der Waals surface area (Å²) < 4.78 is 0. The second-order valence-corrected chi connectivity index (χ2v) is 7.56. The van der Waals surface area contributed by atoms with Gasteiger partial charge in [-0.1, -0.05) is 0 Å². The lowest BCUT2D eigenvalue weighted by Crippen LogP contribution is -2.27. The van der Waals surface area contributed by atoms with E-state index < -0.39 is 0 Å². The predicted molar refractivity (Wildman–Crippen MR) is 119 cm³/mol. The molecular weight excluding hydrogens is 392 g/mol. The van der Waals surface area contributed by atoms with Crippen molar-refractivity contribution in [1.82, 2.24) is 35.0 Å². The number of likely N-dealkylation sites (N-methyl/N-ethyl adjacent to an activating group) is 1. The van der Waals surface area contributed by atoms with Crippen LogP contribution in [0.2, 0.25) is 0 Å². The van der Waals surface area contributed by atoms with Crippen LogP contribution in [0.25, 0.3) is 44.6 Å². The van der Waals surface area contributed by atoms with E-state index in [1.807, 2.05) is 49.3 Å². The van der Waals surface area contributed by atoms with Crippen molar-refractivity contribution in [2.24, 2.45) is 0 Å². The minimum absolute atomic E-state index is 0.0993. The Bertz CT molecular complexity index is 1370. The van der Waals surface area contributed by atoms with Gasteiger partial charge >= 0.3 is 0 Å². The van der Waals surface area contributed by atoms with Crippen molar-refractivity contribution in [2.75, 3.05) is 26.0 Å². The summed E-state index contributed by atoms with van der Waals surface area (Å²) in [6.07, 6.45) is 6.89. The molecule has 0 aromatic carbocycles. The zero-order chi connectivity index (χ0) is 21.4. The van der Waals surface area contributed by atoms with Crippen LogP contribution in [0.15, 0.2) is 55.1 Å². The quantitative estimate of drug-likeness (QED) is 0.409. The van der Waals surface area contributed by atoms with Gasteiger partial charge in [-0.05, 0) is 44.4 Å². The minimum Gasteiger partial charge on any atom is -0.352 e. The molecule has 5 aromatic heterocycles. The lowest BCUT2D eigenvalue weighted by molar-refractivity contribution is -0.116. The average Bonchev–Trinajstić information content (AvgIpc) is 3.36. The van der Waals surface area contributed by atoms with Gasteiger partial charge < -0.3 is 15.2 Å². The fraction of sp³-hybridized carbons (Fsp3) is 0.136. The molecule has 0 spiro atoms. The summed E-state index contributed by atoms with van der Waals surface area (Å²) >= 11 is 0. The zero-order valence-electron chi connectivity index (χ0n) is 17.0. The summed E-state index contributed by atoms with van der Waals surface area (Å²) in [5.74, 6) is -0.0993. The third kappa shape index (κ3) is 3.74. The molecule has 31 heavy (non-hydrogen) atoms. The monoisotopic (exact) mass is 412 g/mol. The van der Waals surface area contributed by atoms with Crippen molar-refractivity contribution >= 4 is 33.5 Å². The lowest BCUT2D eigenvalue weighted by atomic mass is 10.1. The highest BCUT2D eigenvalue weighted by atomic mass is 16.2. The van der Waals surface area contributed by atoms with Gasteiger partial charge in [0.1, 0.15) is 11.2 Å². The van der Waals surface area contributed by atoms with Gasteiger partial charge in [-0.3, -0.25) is 19.9 Å². The first-order valence-electron chi connectivity index (χ1n) is 9.75. The molecule has 154 valence electrons. The Balaban J connectivity index is 1.51. The van der Waals surface area contributed by atoms with Gasteiger partial charge in [0.25, 0.3) is 0 Å². The summed E-state index contributed by atoms with van der Waals surface area (Å²) in [7, 11) is 3.69. The fourth-order valence-corrected chi connectivity index (χ4v) is 3.48. The molecule has 3 N–H and O–H groups in total. The minimum atomic E-state index is -0.0993. The predicted octanol–water partition coefficient (Wildman–Crippen LogP) is 3.06. The van der Waals surface area contributed by atoms with Crippen LogP contribution >= 0.6 is 0 Å². The largest absolute Gasteiger partial charge is 0.352 e. The zero-order valence-corrected chi connectivity index (χ0v) is 17.0. The number of amides is 1. The molecule has 5 rings (SSSR count). The average molecular weight is 412 g/mol. The van der Waals surface area contributed by atoms with Crippen molar-refractivity contribution in [3.05, 3.63) is 55.1 Å². The Morgan fingerprint density at radius 1 is 1.06 bits per heavy atom. The number of aromatic amines is 2. The van der Waals surface area contributed by atoms with E-state index in [2.05, 4.69) is 30.5 Å². The van der Waals surface area contributed by atoms with Gasteiger partial charge in [-0.2, -0.15) is 5.10 Å². The highest BCUT2D eigenvalue weighted by Crippen LogP contribution is 2.29. The molecule has 1 amide bonds. The number of pyridine rings is 3. The van der Waals surface area contributed by atoms with Gasteiger partial charge in [0.2, 0.25) is 5.91 Å². The Morgan fingerprint density at radius 2 is 1.97 bits per heavy atom. The molecular formula is C22H20N8O. The van der Waals surface area contributed by atoms with Gasteiger partial charge in [0.05, 0.1) is 47.0 Å². The molecule has 9 nitrogen and oxygen atoms in total. The molecule has 0 aliphatic carbocycles. The standard InChI is InChI=1S/C22H20N8O/c1-30(2)12-20(31)25-15-7-14(9-24-10-15)16-3-4-17-21(27-16)22(29-28-17)18-8-13-5-6-23-11-19(13)26-18/h3-11,26H,12H2,1-2H3,(H,25,31)(H,28,29). The number of hydrogen-bond acceptors (Lipinski definition) is 6. The second kappa shape index (κ2) is 7.62. The van der Waals surface area contributed by atoms with E-state index in [0.717, 1.165) is 44.6 Å². The number of fused-ring (bicyclic) bond motifs is 2. The smallest absolute Gasteiger partial charge is 0.238 e. The van der Waals surface area contributed by atoms with E-state index >= 15 is 0 Å². The molecule has 9 heteroatoms. The van der Waals surface area contributed by atoms with Crippen molar-refractivity contribution in [3.63, 3.8) is 0 Å². The highest BCUT2D eigenvalue weighted by Gasteiger charge is 2.14. The topological polar surface area (TPSA) is 115 Å². The van der Waals surface area contributed by atoms with E-state index in [9.17, 15) is 4.79 Å². The first-order valence-corrected chi connectivity index (χ1v) is 9.75. The molecule has 0 bridgehead atoms. The first-order chi connectivity index (χ1) is 15.1. The molecule has 0 saturated heterocycles. The number of nitrogens with zero attached hydrogens (tertiary/aromatic N) is 5. The molecule has 0 atom stereocenters. The number of nitrogens with one attached hydrogen (secondary N) is 3. The molecule has 0 aliphatic heterocycles. The number of hydrogen-bond donors (Lipinski definition) is 3. The summed E-state index contributed by atoms with van der Waals surface area (Å²) in [4.78, 5) is 30.5. The lowest BCUT2D eigenvalue weighted by Gasteiger charge is -2.10. The van der Waals surface area contributed by atoms with Crippen LogP contribution in [-0.4, -0.2) is 61.6 Å². The Kier molecular flexibility index (Phi) is 4.64. The molecule has 5 heterocycles.